The molecule has 3 amide bonds. The molecule has 1 fully saturated rings. The lowest BCUT2D eigenvalue weighted by molar-refractivity contribution is -0.145. The molecule has 29 heavy (non-hydrogen) atoms. The molecule has 2 aromatic rings. The van der Waals surface area contributed by atoms with Gasteiger partial charge >= 0.3 is 11.8 Å². The van der Waals surface area contributed by atoms with Gasteiger partial charge in [0.05, 0.1) is 11.6 Å². The van der Waals surface area contributed by atoms with Gasteiger partial charge in [0.2, 0.25) is 0 Å². The average Bonchev–Trinajstić information content (AvgIpc) is 2.73. The van der Waals surface area contributed by atoms with Crippen LogP contribution in [0.1, 0.15) is 41.2 Å². The number of hydrogen-bond donors (Lipinski definition) is 2. The SMILES string of the molecule is CN(C)c1cccc([C@@H]2CCCCN2C(=O)C(=O)Nc2ncccc2C(N)=O)c1. The van der Waals surface area contributed by atoms with Crippen molar-refractivity contribution in [3.63, 3.8) is 0 Å². The molecule has 0 radical (unpaired) electrons. The minimum Gasteiger partial charge on any atom is -0.378 e. The Morgan fingerprint density at radius 3 is 2.69 bits per heavy atom. The normalized spacial score (nSPS) is 16.2. The van der Waals surface area contributed by atoms with Gasteiger partial charge in [0, 0.05) is 32.5 Å². The number of carbonyl (C=O) groups excluding carboxylic acids is 3. The summed E-state index contributed by atoms with van der Waals surface area (Å²) in [6.07, 6.45) is 4.02. The molecular weight excluding hydrogens is 370 g/mol. The van der Waals surface area contributed by atoms with E-state index < -0.39 is 17.7 Å². The number of likely N-dealkylation sites (tertiary alicyclic amines) is 1. The van der Waals surface area contributed by atoms with Crippen LogP contribution >= 0.6 is 0 Å². The summed E-state index contributed by atoms with van der Waals surface area (Å²) in [4.78, 5) is 44.7. The lowest BCUT2D eigenvalue weighted by atomic mass is 9.94. The van der Waals surface area contributed by atoms with E-state index in [0.717, 1.165) is 30.5 Å². The van der Waals surface area contributed by atoms with Crippen LogP contribution in [0.4, 0.5) is 11.5 Å². The van der Waals surface area contributed by atoms with Crippen LogP contribution in [-0.4, -0.2) is 48.2 Å². The highest BCUT2D eigenvalue weighted by Gasteiger charge is 2.32. The molecule has 1 aromatic carbocycles. The fourth-order valence-corrected chi connectivity index (χ4v) is 3.53. The highest BCUT2D eigenvalue weighted by atomic mass is 16.2. The summed E-state index contributed by atoms with van der Waals surface area (Å²) in [7, 11) is 3.92. The van der Waals surface area contributed by atoms with Crippen molar-refractivity contribution < 1.29 is 14.4 Å². The maximum absolute atomic E-state index is 12.9. The summed E-state index contributed by atoms with van der Waals surface area (Å²) >= 11 is 0. The Hall–Kier alpha value is -3.42. The van der Waals surface area contributed by atoms with Crippen molar-refractivity contribution in [3.8, 4) is 0 Å². The van der Waals surface area contributed by atoms with Crippen molar-refractivity contribution in [1.82, 2.24) is 9.88 Å². The average molecular weight is 395 g/mol. The van der Waals surface area contributed by atoms with Gasteiger partial charge in [0.1, 0.15) is 5.82 Å². The van der Waals surface area contributed by atoms with E-state index in [1.165, 1.54) is 18.3 Å². The first-order chi connectivity index (χ1) is 13.9. The molecule has 0 aliphatic carbocycles. The number of anilines is 2. The van der Waals surface area contributed by atoms with Gasteiger partial charge in [-0.05, 0) is 49.1 Å². The number of pyridine rings is 1. The number of carbonyl (C=O) groups is 3. The number of benzene rings is 1. The second-order valence-corrected chi connectivity index (χ2v) is 7.22. The first-order valence-corrected chi connectivity index (χ1v) is 9.52. The van der Waals surface area contributed by atoms with Gasteiger partial charge in [-0.25, -0.2) is 4.98 Å². The Labute approximate surface area is 169 Å². The summed E-state index contributed by atoms with van der Waals surface area (Å²) in [5.41, 5.74) is 7.40. The van der Waals surface area contributed by atoms with E-state index in [-0.39, 0.29) is 17.4 Å². The van der Waals surface area contributed by atoms with Crippen molar-refractivity contribution in [3.05, 3.63) is 53.7 Å². The zero-order valence-corrected chi connectivity index (χ0v) is 16.6. The summed E-state index contributed by atoms with van der Waals surface area (Å²) in [6, 6.07) is 10.8. The summed E-state index contributed by atoms with van der Waals surface area (Å²) in [6.45, 7) is 0.494. The van der Waals surface area contributed by atoms with E-state index in [1.807, 2.05) is 43.3 Å². The number of rotatable bonds is 4. The number of hydrogen-bond acceptors (Lipinski definition) is 5. The minimum atomic E-state index is -0.832. The van der Waals surface area contributed by atoms with Crippen LogP contribution in [0, 0.1) is 0 Å². The largest absolute Gasteiger partial charge is 0.378 e. The molecule has 1 aliphatic heterocycles. The molecule has 0 spiro atoms. The number of nitrogens with two attached hydrogens (primary N) is 1. The molecular formula is C21H25N5O3. The first-order valence-electron chi connectivity index (χ1n) is 9.52. The number of primary amides is 1. The first kappa shape index (κ1) is 20.3. The molecule has 3 rings (SSSR count). The molecule has 8 nitrogen and oxygen atoms in total. The van der Waals surface area contributed by atoms with Crippen LogP contribution in [-0.2, 0) is 9.59 Å². The second kappa shape index (κ2) is 8.72. The fraction of sp³-hybridized carbons (Fsp3) is 0.333. The minimum absolute atomic E-state index is 0.0125. The number of aromatic nitrogens is 1. The van der Waals surface area contributed by atoms with Crippen molar-refractivity contribution in [2.75, 3.05) is 30.9 Å². The zero-order valence-electron chi connectivity index (χ0n) is 16.6. The van der Waals surface area contributed by atoms with Crippen LogP contribution < -0.4 is 16.0 Å². The van der Waals surface area contributed by atoms with E-state index in [1.54, 1.807) is 4.90 Å². The molecule has 0 unspecified atom stereocenters. The maximum atomic E-state index is 12.9. The van der Waals surface area contributed by atoms with Gasteiger partial charge < -0.3 is 20.9 Å². The molecule has 8 heteroatoms. The third kappa shape index (κ3) is 4.53. The molecule has 0 saturated carbocycles. The van der Waals surface area contributed by atoms with Crippen LogP contribution in [0.3, 0.4) is 0 Å². The molecule has 1 aliphatic rings. The molecule has 152 valence electrons. The summed E-state index contributed by atoms with van der Waals surface area (Å²) < 4.78 is 0. The monoisotopic (exact) mass is 395 g/mol. The van der Waals surface area contributed by atoms with Crippen LogP contribution in [0.25, 0.3) is 0 Å². The van der Waals surface area contributed by atoms with Gasteiger partial charge in [0.25, 0.3) is 5.91 Å². The highest BCUT2D eigenvalue weighted by molar-refractivity contribution is 6.39. The smallest absolute Gasteiger partial charge is 0.315 e. The lowest BCUT2D eigenvalue weighted by Gasteiger charge is -2.36. The Morgan fingerprint density at radius 2 is 1.97 bits per heavy atom. The van der Waals surface area contributed by atoms with Gasteiger partial charge in [0.15, 0.2) is 0 Å². The molecule has 1 saturated heterocycles. The molecule has 0 bridgehead atoms. The Bertz CT molecular complexity index is 928. The van der Waals surface area contributed by atoms with E-state index >= 15 is 0 Å². The van der Waals surface area contributed by atoms with E-state index in [0.29, 0.717) is 6.54 Å². The van der Waals surface area contributed by atoms with Crippen molar-refractivity contribution in [1.29, 1.82) is 0 Å². The third-order valence-corrected chi connectivity index (χ3v) is 5.03. The Morgan fingerprint density at radius 1 is 1.17 bits per heavy atom. The summed E-state index contributed by atoms with van der Waals surface area (Å²) in [5.74, 6) is -2.22. The highest BCUT2D eigenvalue weighted by Crippen LogP contribution is 2.32. The van der Waals surface area contributed by atoms with Gasteiger partial charge in [-0.3, -0.25) is 14.4 Å². The van der Waals surface area contributed by atoms with Crippen molar-refractivity contribution in [2.45, 2.75) is 25.3 Å². The topological polar surface area (TPSA) is 109 Å². The van der Waals surface area contributed by atoms with Gasteiger partial charge in [-0.1, -0.05) is 12.1 Å². The number of nitrogens with one attached hydrogen (secondary N) is 1. The standard InChI is InChI=1S/C21H25N5O3/c1-25(2)15-8-5-7-14(13-15)17-10-3-4-12-26(17)21(29)20(28)24-19-16(18(22)27)9-6-11-23-19/h5-9,11,13,17H,3-4,10,12H2,1-2H3,(H2,22,27)(H,23,24,28)/t17-/m0/s1. The number of amides is 3. The van der Waals surface area contributed by atoms with Crippen LogP contribution in [0.15, 0.2) is 42.6 Å². The molecule has 1 atom stereocenters. The van der Waals surface area contributed by atoms with Crippen LogP contribution in [0.2, 0.25) is 0 Å². The quantitative estimate of drug-likeness (QED) is 0.769. The van der Waals surface area contributed by atoms with Gasteiger partial charge in [-0.2, -0.15) is 0 Å². The molecule has 2 heterocycles. The predicted molar refractivity (Wildman–Crippen MR) is 110 cm³/mol. The molecule has 1 aromatic heterocycles. The fourth-order valence-electron chi connectivity index (χ4n) is 3.53. The predicted octanol–water partition coefficient (Wildman–Crippen LogP) is 1.94. The van der Waals surface area contributed by atoms with Gasteiger partial charge in [-0.15, -0.1) is 0 Å². The van der Waals surface area contributed by atoms with E-state index in [4.69, 9.17) is 5.73 Å². The zero-order chi connectivity index (χ0) is 21.0. The number of nitrogens with zero attached hydrogens (tertiary/aromatic N) is 3. The van der Waals surface area contributed by atoms with E-state index in [9.17, 15) is 14.4 Å². The molecule has 3 N–H and O–H groups in total. The van der Waals surface area contributed by atoms with Crippen molar-refractivity contribution in [2.24, 2.45) is 5.73 Å². The Balaban J connectivity index is 1.82. The maximum Gasteiger partial charge on any atom is 0.315 e. The number of piperidine rings is 1. The van der Waals surface area contributed by atoms with Crippen molar-refractivity contribution >= 4 is 29.2 Å². The van der Waals surface area contributed by atoms with Crippen LogP contribution in [0.5, 0.6) is 0 Å². The summed E-state index contributed by atoms with van der Waals surface area (Å²) in [5, 5.41) is 2.44. The lowest BCUT2D eigenvalue weighted by Crippen LogP contribution is -2.44. The van der Waals surface area contributed by atoms with E-state index in [2.05, 4.69) is 10.3 Å². The Kier molecular flexibility index (Phi) is 6.11. The third-order valence-electron chi connectivity index (χ3n) is 5.03. The second-order valence-electron chi connectivity index (χ2n) is 7.22.